The first-order valence-corrected chi connectivity index (χ1v) is 13.6. The topological polar surface area (TPSA) is 85.3 Å². The Morgan fingerprint density at radius 3 is 2.15 bits per heavy atom. The van der Waals surface area contributed by atoms with Crippen molar-refractivity contribution in [3.8, 4) is 0 Å². The van der Waals surface area contributed by atoms with Gasteiger partial charge >= 0.3 is 5.69 Å². The van der Waals surface area contributed by atoms with Crippen molar-refractivity contribution in [1.29, 1.82) is 0 Å². The molecule has 2 unspecified atom stereocenters. The third kappa shape index (κ3) is 4.72. The molecule has 0 bridgehead atoms. The highest BCUT2D eigenvalue weighted by Gasteiger charge is 2.50. The minimum atomic E-state index is -2.69. The number of H-pyrrole nitrogens is 1. The van der Waals surface area contributed by atoms with Crippen molar-refractivity contribution in [1.82, 2.24) is 14.9 Å². The quantitative estimate of drug-likeness (QED) is 0.528. The second-order valence-corrected chi connectivity index (χ2v) is 14.1. The Kier molecular flexibility index (Phi) is 7.04. The minimum Gasteiger partial charge on any atom is -0.405 e. The van der Waals surface area contributed by atoms with Gasteiger partial charge in [0, 0.05) is 24.8 Å². The van der Waals surface area contributed by atoms with Crippen molar-refractivity contribution in [2.45, 2.75) is 45.1 Å². The number of morpholine rings is 1. The Morgan fingerprint density at radius 1 is 1.00 bits per heavy atom. The largest absolute Gasteiger partial charge is 0.405 e. The number of ether oxygens (including phenoxy) is 1. The van der Waals surface area contributed by atoms with Crippen LogP contribution in [0, 0.1) is 6.92 Å². The molecule has 2 heterocycles. The zero-order valence-corrected chi connectivity index (χ0v) is 21.2. The van der Waals surface area contributed by atoms with Crippen molar-refractivity contribution in [3.63, 3.8) is 0 Å². The third-order valence-corrected chi connectivity index (χ3v) is 11.4. The molecule has 1 aliphatic rings. The molecule has 1 aliphatic heterocycles. The Balaban J connectivity index is 1.64. The SMILES string of the molecule is Cc1cn(C2CNCC(CO[Si](c3ccccc3)(c3ccccc3)C(C)(C)C)O2)c(=O)[nH]c1=O. The van der Waals surface area contributed by atoms with Crippen LogP contribution in [0.2, 0.25) is 5.04 Å². The van der Waals surface area contributed by atoms with Crippen LogP contribution < -0.4 is 26.9 Å². The maximum absolute atomic E-state index is 12.4. The number of hydrogen-bond acceptors (Lipinski definition) is 5. The number of benzene rings is 2. The van der Waals surface area contributed by atoms with E-state index in [0.717, 1.165) is 0 Å². The molecule has 0 amide bonds. The summed E-state index contributed by atoms with van der Waals surface area (Å²) >= 11 is 0. The van der Waals surface area contributed by atoms with Crippen LogP contribution in [0.3, 0.4) is 0 Å². The molecule has 0 saturated carbocycles. The van der Waals surface area contributed by atoms with E-state index >= 15 is 0 Å². The second-order valence-electron chi connectivity index (χ2n) is 9.82. The molecule has 1 saturated heterocycles. The number of nitrogens with one attached hydrogen (secondary N) is 2. The number of aryl methyl sites for hydroxylation is 1. The predicted molar refractivity (Wildman–Crippen MR) is 136 cm³/mol. The first-order chi connectivity index (χ1) is 16.2. The van der Waals surface area contributed by atoms with Gasteiger partial charge in [-0.2, -0.15) is 0 Å². The molecule has 3 aromatic rings. The van der Waals surface area contributed by atoms with E-state index in [1.54, 1.807) is 13.1 Å². The first-order valence-electron chi connectivity index (χ1n) is 11.7. The maximum atomic E-state index is 12.4. The van der Waals surface area contributed by atoms with Gasteiger partial charge in [0.2, 0.25) is 0 Å². The van der Waals surface area contributed by atoms with Crippen molar-refractivity contribution in [2.24, 2.45) is 0 Å². The van der Waals surface area contributed by atoms with Crippen molar-refractivity contribution < 1.29 is 9.16 Å². The monoisotopic (exact) mass is 479 g/mol. The van der Waals surface area contributed by atoms with E-state index in [1.807, 2.05) is 12.1 Å². The fraction of sp³-hybridized carbons (Fsp3) is 0.385. The van der Waals surface area contributed by atoms with Gasteiger partial charge in [0.05, 0.1) is 12.7 Å². The molecule has 2 atom stereocenters. The molecule has 7 nitrogen and oxygen atoms in total. The van der Waals surface area contributed by atoms with E-state index in [9.17, 15) is 9.59 Å². The van der Waals surface area contributed by atoms with Gasteiger partial charge in [-0.05, 0) is 22.3 Å². The second kappa shape index (κ2) is 9.83. The Morgan fingerprint density at radius 2 is 1.59 bits per heavy atom. The third-order valence-electron chi connectivity index (χ3n) is 6.40. The maximum Gasteiger partial charge on any atom is 0.330 e. The fourth-order valence-corrected chi connectivity index (χ4v) is 9.32. The zero-order valence-electron chi connectivity index (χ0n) is 20.2. The van der Waals surface area contributed by atoms with Crippen molar-refractivity contribution in [2.75, 3.05) is 19.7 Å². The van der Waals surface area contributed by atoms with Crippen LogP contribution in [0.5, 0.6) is 0 Å². The normalized spacial score (nSPS) is 19.2. The lowest BCUT2D eigenvalue weighted by atomic mass is 10.2. The van der Waals surface area contributed by atoms with Crippen molar-refractivity contribution >= 4 is 18.7 Å². The summed E-state index contributed by atoms with van der Waals surface area (Å²) in [5.74, 6) is 0. The molecule has 1 aromatic heterocycles. The molecule has 2 N–H and O–H groups in total. The lowest BCUT2D eigenvalue weighted by molar-refractivity contribution is -0.0944. The summed E-state index contributed by atoms with van der Waals surface area (Å²) in [6.07, 6.45) is 0.780. The molecular weight excluding hydrogens is 446 g/mol. The molecule has 34 heavy (non-hydrogen) atoms. The molecule has 0 aliphatic carbocycles. The van der Waals surface area contributed by atoms with Crippen LogP contribution in [0.4, 0.5) is 0 Å². The summed E-state index contributed by atoms with van der Waals surface area (Å²) in [4.78, 5) is 26.5. The average molecular weight is 480 g/mol. The molecule has 8 heteroatoms. The highest BCUT2D eigenvalue weighted by atomic mass is 28.4. The summed E-state index contributed by atoms with van der Waals surface area (Å²) < 4.78 is 14.7. The number of aromatic nitrogens is 2. The molecule has 180 valence electrons. The van der Waals surface area contributed by atoms with E-state index in [-0.39, 0.29) is 16.7 Å². The summed E-state index contributed by atoms with van der Waals surface area (Å²) in [6.45, 7) is 9.87. The molecule has 0 radical (unpaired) electrons. The van der Waals surface area contributed by atoms with Gasteiger partial charge in [0.1, 0.15) is 0 Å². The van der Waals surface area contributed by atoms with E-state index in [0.29, 0.717) is 25.3 Å². The van der Waals surface area contributed by atoms with Crippen LogP contribution in [0.15, 0.2) is 76.4 Å². The van der Waals surface area contributed by atoms with Gasteiger partial charge in [-0.15, -0.1) is 0 Å². The van der Waals surface area contributed by atoms with E-state index in [1.165, 1.54) is 14.9 Å². The summed E-state index contributed by atoms with van der Waals surface area (Å²) in [5, 5.41) is 5.64. The Bertz CT molecular complexity index is 1180. The van der Waals surface area contributed by atoms with Gasteiger partial charge in [-0.1, -0.05) is 81.4 Å². The van der Waals surface area contributed by atoms with Gasteiger partial charge in [0.25, 0.3) is 13.9 Å². The smallest absolute Gasteiger partial charge is 0.330 e. The number of hydrogen-bond donors (Lipinski definition) is 2. The lowest BCUT2D eigenvalue weighted by Crippen LogP contribution is -2.67. The molecule has 4 rings (SSSR count). The molecule has 2 aromatic carbocycles. The zero-order chi connectivity index (χ0) is 24.3. The highest BCUT2D eigenvalue weighted by molar-refractivity contribution is 6.99. The van der Waals surface area contributed by atoms with Gasteiger partial charge in [0.15, 0.2) is 6.23 Å². The van der Waals surface area contributed by atoms with Gasteiger partial charge < -0.3 is 14.5 Å². The molecule has 0 spiro atoms. The predicted octanol–water partition coefficient (Wildman–Crippen LogP) is 1.91. The number of rotatable bonds is 6. The van der Waals surface area contributed by atoms with Gasteiger partial charge in [-0.25, -0.2) is 4.79 Å². The summed E-state index contributed by atoms with van der Waals surface area (Å²) in [5.41, 5.74) is -0.388. The fourth-order valence-electron chi connectivity index (χ4n) is 4.73. The van der Waals surface area contributed by atoms with Crippen LogP contribution in [0.25, 0.3) is 0 Å². The molecule has 1 fully saturated rings. The summed E-state index contributed by atoms with van der Waals surface area (Å²) in [6, 6.07) is 21.0. The number of nitrogens with zero attached hydrogens (tertiary/aromatic N) is 1. The molecular formula is C26H33N3O4Si. The lowest BCUT2D eigenvalue weighted by Gasteiger charge is -2.44. The van der Waals surface area contributed by atoms with E-state index in [2.05, 4.69) is 79.6 Å². The average Bonchev–Trinajstić information content (AvgIpc) is 2.82. The van der Waals surface area contributed by atoms with E-state index < -0.39 is 20.2 Å². The minimum absolute atomic E-state index is 0.135. The van der Waals surface area contributed by atoms with E-state index in [4.69, 9.17) is 9.16 Å². The van der Waals surface area contributed by atoms with Crippen LogP contribution in [-0.2, 0) is 9.16 Å². The number of aromatic amines is 1. The highest BCUT2D eigenvalue weighted by Crippen LogP contribution is 2.37. The summed E-state index contributed by atoms with van der Waals surface area (Å²) in [7, 11) is -2.69. The van der Waals surface area contributed by atoms with Gasteiger partial charge in [-0.3, -0.25) is 14.3 Å². The Labute approximate surface area is 200 Å². The standard InChI is InChI=1S/C26H33N3O4Si/c1-19-17-29(25(31)28-24(19)30)23-16-27-15-20(33-23)18-32-34(26(2,3)4,21-11-7-5-8-12-21)22-13-9-6-10-14-22/h5-14,17,20,23,27H,15-16,18H2,1-4H3,(H,28,30,31). The van der Waals surface area contributed by atoms with Crippen LogP contribution >= 0.6 is 0 Å². The van der Waals surface area contributed by atoms with Crippen molar-refractivity contribution in [3.05, 3.63) is 93.3 Å². The van der Waals surface area contributed by atoms with Crippen LogP contribution in [-0.4, -0.2) is 43.7 Å². The van der Waals surface area contributed by atoms with Crippen LogP contribution in [0.1, 0.15) is 32.6 Å². The Hall–Kier alpha value is -2.78. The first kappa shape index (κ1) is 24.3.